The average Bonchev–Trinajstić information content (AvgIpc) is 3.43. The Morgan fingerprint density at radius 1 is 1.05 bits per heavy atom. The normalized spacial score (nSPS) is 20.9. The van der Waals surface area contributed by atoms with Crippen LogP contribution in [0.4, 0.5) is 10.5 Å². The van der Waals surface area contributed by atoms with Crippen molar-refractivity contribution in [2.75, 3.05) is 25.0 Å². The number of ether oxygens (including phenoxy) is 1. The lowest BCUT2D eigenvalue weighted by Gasteiger charge is -2.27. The van der Waals surface area contributed by atoms with Gasteiger partial charge in [0.15, 0.2) is 0 Å². The van der Waals surface area contributed by atoms with Gasteiger partial charge in [-0.05, 0) is 58.6 Å². The average molecular weight is 556 g/mol. The van der Waals surface area contributed by atoms with Crippen molar-refractivity contribution in [1.82, 2.24) is 20.4 Å². The van der Waals surface area contributed by atoms with Crippen molar-refractivity contribution in [3.05, 3.63) is 29.3 Å². The van der Waals surface area contributed by atoms with Crippen molar-refractivity contribution in [3.8, 4) is 0 Å². The first-order valence-electron chi connectivity index (χ1n) is 13.8. The van der Waals surface area contributed by atoms with E-state index < -0.39 is 41.4 Å². The summed E-state index contributed by atoms with van der Waals surface area (Å²) in [6.07, 6.45) is 3.04. The number of piperidine rings is 1. The zero-order chi connectivity index (χ0) is 29.0. The number of imide groups is 2. The second kappa shape index (κ2) is 12.1. The Balaban J connectivity index is 1.19. The molecule has 2 fully saturated rings. The molecule has 6 amide bonds. The van der Waals surface area contributed by atoms with Gasteiger partial charge < -0.3 is 20.3 Å². The van der Waals surface area contributed by atoms with Crippen molar-refractivity contribution in [2.24, 2.45) is 0 Å². The van der Waals surface area contributed by atoms with Gasteiger partial charge in [-0.1, -0.05) is 12.5 Å². The van der Waals surface area contributed by atoms with Crippen molar-refractivity contribution >= 4 is 41.3 Å². The van der Waals surface area contributed by atoms with Crippen LogP contribution in [0, 0.1) is 0 Å². The standard InChI is InChI=1S/C28H37N5O7/c1-28(2,3)40-27(39)30-17-13-15-32(16-17)22(35)10-5-4-6-14-29-19-9-7-8-18-23(19)26(38)33(25(18)37)20-11-12-21(34)31-24(20)36/h7-9,17,20,29H,4-6,10-16H2,1-3H3,(H,30,39)(H,31,34,36)/t17-,20?/m0/s1. The Morgan fingerprint density at radius 3 is 2.55 bits per heavy atom. The molecule has 4 rings (SSSR count). The van der Waals surface area contributed by atoms with Gasteiger partial charge in [-0.15, -0.1) is 0 Å². The maximum absolute atomic E-state index is 13.2. The fourth-order valence-electron chi connectivity index (χ4n) is 5.20. The molecule has 216 valence electrons. The van der Waals surface area contributed by atoms with E-state index in [0.717, 1.165) is 17.7 Å². The van der Waals surface area contributed by atoms with Gasteiger partial charge in [-0.2, -0.15) is 0 Å². The molecule has 0 spiro atoms. The monoisotopic (exact) mass is 555 g/mol. The first kappa shape index (κ1) is 29.0. The lowest BCUT2D eigenvalue weighted by atomic mass is 10.0. The van der Waals surface area contributed by atoms with Crippen LogP contribution in [-0.2, 0) is 19.1 Å². The Morgan fingerprint density at radius 2 is 1.82 bits per heavy atom. The third-order valence-electron chi connectivity index (χ3n) is 7.11. The summed E-state index contributed by atoms with van der Waals surface area (Å²) in [7, 11) is 0. The van der Waals surface area contributed by atoms with Crippen LogP contribution >= 0.6 is 0 Å². The van der Waals surface area contributed by atoms with Crippen molar-refractivity contribution < 1.29 is 33.5 Å². The highest BCUT2D eigenvalue weighted by atomic mass is 16.6. The molecule has 1 aromatic carbocycles. The molecule has 0 radical (unpaired) electrons. The molecule has 40 heavy (non-hydrogen) atoms. The largest absolute Gasteiger partial charge is 0.444 e. The number of hydrogen-bond acceptors (Lipinski definition) is 8. The summed E-state index contributed by atoms with van der Waals surface area (Å²) in [5.74, 6) is -2.09. The molecule has 3 N–H and O–H groups in total. The number of likely N-dealkylation sites (tertiary alicyclic amines) is 1. The molecule has 3 heterocycles. The zero-order valence-corrected chi connectivity index (χ0v) is 23.2. The predicted octanol–water partition coefficient (Wildman–Crippen LogP) is 2.19. The SMILES string of the molecule is CC(C)(C)OC(=O)N[C@H]1CCN(C(=O)CCCCCNc2cccc3c2C(=O)N(C2CCC(=O)NC2=O)C3=O)C1. The van der Waals surface area contributed by atoms with E-state index in [2.05, 4.69) is 16.0 Å². The quantitative estimate of drug-likeness (QED) is 0.310. The van der Waals surface area contributed by atoms with Gasteiger partial charge >= 0.3 is 6.09 Å². The molecule has 2 saturated heterocycles. The van der Waals surface area contributed by atoms with Gasteiger partial charge in [-0.3, -0.25) is 34.2 Å². The van der Waals surface area contributed by atoms with Gasteiger partial charge in [0, 0.05) is 38.2 Å². The molecule has 12 nitrogen and oxygen atoms in total. The third-order valence-corrected chi connectivity index (χ3v) is 7.11. The Bertz CT molecular complexity index is 1210. The van der Waals surface area contributed by atoms with E-state index in [1.165, 1.54) is 0 Å². The minimum atomic E-state index is -1.01. The highest BCUT2D eigenvalue weighted by Gasteiger charge is 2.45. The van der Waals surface area contributed by atoms with E-state index in [4.69, 9.17) is 4.74 Å². The molecule has 1 aromatic rings. The number of anilines is 1. The summed E-state index contributed by atoms with van der Waals surface area (Å²) in [6, 6.07) is 3.84. The molecule has 0 saturated carbocycles. The fraction of sp³-hybridized carbons (Fsp3) is 0.571. The van der Waals surface area contributed by atoms with E-state index >= 15 is 0 Å². The van der Waals surface area contributed by atoms with E-state index in [-0.39, 0.29) is 35.9 Å². The highest BCUT2D eigenvalue weighted by molar-refractivity contribution is 6.25. The number of amides is 6. The van der Waals surface area contributed by atoms with Crippen LogP contribution in [-0.4, -0.2) is 82.7 Å². The molecule has 0 aliphatic carbocycles. The lowest BCUT2D eigenvalue weighted by Crippen LogP contribution is -2.54. The fourth-order valence-corrected chi connectivity index (χ4v) is 5.20. The van der Waals surface area contributed by atoms with Gasteiger partial charge in [0.05, 0.1) is 17.2 Å². The maximum Gasteiger partial charge on any atom is 0.407 e. The third kappa shape index (κ3) is 6.78. The molecule has 3 aliphatic rings. The molecule has 12 heteroatoms. The number of unbranched alkanes of at least 4 members (excludes halogenated alkanes) is 2. The number of fused-ring (bicyclic) bond motifs is 1. The number of nitrogens with one attached hydrogen (secondary N) is 3. The number of hydrogen-bond donors (Lipinski definition) is 3. The number of carbonyl (C=O) groups excluding carboxylic acids is 6. The minimum Gasteiger partial charge on any atom is -0.444 e. The van der Waals surface area contributed by atoms with E-state index in [9.17, 15) is 28.8 Å². The highest BCUT2D eigenvalue weighted by Crippen LogP contribution is 2.32. The van der Waals surface area contributed by atoms with Crippen LogP contribution in [0.2, 0.25) is 0 Å². The first-order valence-corrected chi connectivity index (χ1v) is 13.8. The maximum atomic E-state index is 13.2. The van der Waals surface area contributed by atoms with Gasteiger partial charge in [0.2, 0.25) is 17.7 Å². The van der Waals surface area contributed by atoms with E-state index in [1.54, 1.807) is 43.9 Å². The number of alkyl carbamates (subject to hydrolysis) is 1. The number of carbonyl (C=O) groups is 6. The molecule has 0 bridgehead atoms. The summed E-state index contributed by atoms with van der Waals surface area (Å²) >= 11 is 0. The summed E-state index contributed by atoms with van der Waals surface area (Å²) in [4.78, 5) is 77.2. The van der Waals surface area contributed by atoms with Crippen LogP contribution in [0.3, 0.4) is 0 Å². The number of rotatable bonds is 9. The molecule has 2 atom stereocenters. The van der Waals surface area contributed by atoms with E-state index in [1.807, 2.05) is 0 Å². The van der Waals surface area contributed by atoms with Crippen LogP contribution in [0.5, 0.6) is 0 Å². The first-order chi connectivity index (χ1) is 18.9. The van der Waals surface area contributed by atoms with Gasteiger partial charge in [0.1, 0.15) is 11.6 Å². The molecule has 3 aliphatic heterocycles. The van der Waals surface area contributed by atoms with Crippen LogP contribution in [0.15, 0.2) is 18.2 Å². The minimum absolute atomic E-state index is 0.0555. The molecule has 1 unspecified atom stereocenters. The Hall–Kier alpha value is -3.96. The predicted molar refractivity (Wildman–Crippen MR) is 144 cm³/mol. The van der Waals surface area contributed by atoms with E-state index in [0.29, 0.717) is 44.6 Å². The molecular formula is C28H37N5O7. The Kier molecular flexibility index (Phi) is 8.75. The molecular weight excluding hydrogens is 518 g/mol. The van der Waals surface area contributed by atoms with Crippen molar-refractivity contribution in [2.45, 2.75) is 83.4 Å². The van der Waals surface area contributed by atoms with Crippen LogP contribution < -0.4 is 16.0 Å². The smallest absolute Gasteiger partial charge is 0.407 e. The van der Waals surface area contributed by atoms with Crippen molar-refractivity contribution in [1.29, 1.82) is 0 Å². The number of nitrogens with zero attached hydrogens (tertiary/aromatic N) is 2. The lowest BCUT2D eigenvalue weighted by molar-refractivity contribution is -0.136. The number of benzene rings is 1. The summed E-state index contributed by atoms with van der Waals surface area (Å²) in [5.41, 5.74) is 0.408. The van der Waals surface area contributed by atoms with Crippen LogP contribution in [0.1, 0.15) is 86.4 Å². The summed E-state index contributed by atoms with van der Waals surface area (Å²) < 4.78 is 5.28. The summed E-state index contributed by atoms with van der Waals surface area (Å²) in [5, 5.41) is 8.24. The second-order valence-corrected chi connectivity index (χ2v) is 11.4. The Labute approximate surface area is 233 Å². The zero-order valence-electron chi connectivity index (χ0n) is 23.2. The van der Waals surface area contributed by atoms with Crippen molar-refractivity contribution in [3.63, 3.8) is 0 Å². The van der Waals surface area contributed by atoms with Gasteiger partial charge in [-0.25, -0.2) is 4.79 Å². The summed E-state index contributed by atoms with van der Waals surface area (Å²) in [6.45, 7) is 7.02. The second-order valence-electron chi connectivity index (χ2n) is 11.4. The molecule has 0 aromatic heterocycles. The van der Waals surface area contributed by atoms with Gasteiger partial charge in [0.25, 0.3) is 11.8 Å². The topological polar surface area (TPSA) is 154 Å². The van der Waals surface area contributed by atoms with Crippen LogP contribution in [0.25, 0.3) is 0 Å².